The summed E-state index contributed by atoms with van der Waals surface area (Å²) < 4.78 is 11.6. The van der Waals surface area contributed by atoms with Crippen molar-refractivity contribution in [3.8, 4) is 0 Å². The van der Waals surface area contributed by atoms with E-state index in [-0.39, 0.29) is 6.54 Å². The van der Waals surface area contributed by atoms with E-state index in [1.54, 1.807) is 0 Å². The van der Waals surface area contributed by atoms with Gasteiger partial charge in [0.1, 0.15) is 6.04 Å². The van der Waals surface area contributed by atoms with Crippen molar-refractivity contribution in [3.63, 3.8) is 0 Å². The highest BCUT2D eigenvalue weighted by Gasteiger charge is 2.11. The summed E-state index contributed by atoms with van der Waals surface area (Å²) in [4.78, 5) is 30.6. The summed E-state index contributed by atoms with van der Waals surface area (Å²) in [5, 5.41) is 10.4. The van der Waals surface area contributed by atoms with Crippen LogP contribution in [0.2, 0.25) is 0 Å². The molecule has 0 aliphatic carbocycles. The first-order valence-corrected chi connectivity index (χ1v) is 3.57. The van der Waals surface area contributed by atoms with Crippen LogP contribution in [0.3, 0.4) is 0 Å². The van der Waals surface area contributed by atoms with Crippen LogP contribution < -0.4 is 11.1 Å². The molecule has 6 nitrogen and oxygen atoms in total. The van der Waals surface area contributed by atoms with Gasteiger partial charge in [0.25, 0.3) is 0 Å². The molecule has 0 saturated carbocycles. The number of hydrogen-bond acceptors (Lipinski definition) is 4. The van der Waals surface area contributed by atoms with E-state index < -0.39 is 24.0 Å². The Morgan fingerprint density at radius 3 is 2.43 bits per heavy atom. The number of carboxylic acids is 1. The SMILES string of the molecule is N[C@@H](CNC(=O)/C=C/C(=O)F)C(=O)O. The number of allylic oxidation sites excluding steroid dienone is 1. The Morgan fingerprint density at radius 2 is 2.00 bits per heavy atom. The molecule has 1 atom stereocenters. The van der Waals surface area contributed by atoms with Crippen LogP contribution in [0, 0.1) is 0 Å². The van der Waals surface area contributed by atoms with Gasteiger partial charge in [0, 0.05) is 18.7 Å². The molecule has 7 heteroatoms. The van der Waals surface area contributed by atoms with Crippen molar-refractivity contribution in [1.82, 2.24) is 5.32 Å². The summed E-state index contributed by atoms with van der Waals surface area (Å²) in [6.45, 7) is -0.293. The zero-order valence-electron chi connectivity index (χ0n) is 7.07. The average molecular weight is 204 g/mol. The standard InChI is InChI=1S/C7H9FN2O4/c8-5(11)1-2-6(12)10-3-4(9)7(13)14/h1-2,4H,3,9H2,(H,10,12)(H,13,14)/b2-1+/t4-/m0/s1. The van der Waals surface area contributed by atoms with Gasteiger partial charge in [0.15, 0.2) is 0 Å². The molecule has 0 fully saturated rings. The zero-order valence-corrected chi connectivity index (χ0v) is 7.07. The van der Waals surface area contributed by atoms with Gasteiger partial charge < -0.3 is 16.2 Å². The van der Waals surface area contributed by atoms with E-state index in [0.717, 1.165) is 0 Å². The van der Waals surface area contributed by atoms with E-state index in [2.05, 4.69) is 5.32 Å². The highest BCUT2D eigenvalue weighted by Crippen LogP contribution is 1.80. The number of halogens is 1. The van der Waals surface area contributed by atoms with Gasteiger partial charge in [0.05, 0.1) is 0 Å². The lowest BCUT2D eigenvalue weighted by Crippen LogP contribution is -2.41. The first kappa shape index (κ1) is 12.2. The number of hydrogen-bond donors (Lipinski definition) is 3. The quantitative estimate of drug-likeness (QED) is 0.375. The third kappa shape index (κ3) is 5.84. The van der Waals surface area contributed by atoms with Crippen LogP contribution in [0.15, 0.2) is 12.2 Å². The molecule has 0 rings (SSSR count). The molecule has 0 unspecified atom stereocenters. The molecule has 0 bridgehead atoms. The highest BCUT2D eigenvalue weighted by molar-refractivity contribution is 5.94. The Balaban J connectivity index is 3.86. The predicted molar refractivity (Wildman–Crippen MR) is 43.9 cm³/mol. The third-order valence-electron chi connectivity index (χ3n) is 1.18. The van der Waals surface area contributed by atoms with Crippen molar-refractivity contribution < 1.29 is 23.9 Å². The van der Waals surface area contributed by atoms with Crippen molar-refractivity contribution in [2.45, 2.75) is 6.04 Å². The fraction of sp³-hybridized carbons (Fsp3) is 0.286. The van der Waals surface area contributed by atoms with E-state index in [0.29, 0.717) is 12.2 Å². The van der Waals surface area contributed by atoms with Crippen LogP contribution in [0.4, 0.5) is 4.39 Å². The van der Waals surface area contributed by atoms with Crippen LogP contribution >= 0.6 is 0 Å². The lowest BCUT2D eigenvalue weighted by atomic mass is 10.3. The molecule has 0 aliphatic rings. The summed E-state index contributed by atoms with van der Waals surface area (Å²) in [6, 6.07) is -2.99. The van der Waals surface area contributed by atoms with Crippen molar-refractivity contribution in [1.29, 1.82) is 0 Å². The van der Waals surface area contributed by atoms with Crippen LogP contribution in [0.1, 0.15) is 0 Å². The van der Waals surface area contributed by atoms with Gasteiger partial charge in [-0.25, -0.2) is 0 Å². The Bertz CT molecular complexity index is 277. The molecule has 0 aromatic rings. The summed E-state index contributed by atoms with van der Waals surface area (Å²) in [5.41, 5.74) is 5.04. The Morgan fingerprint density at radius 1 is 1.43 bits per heavy atom. The lowest BCUT2D eigenvalue weighted by molar-refractivity contribution is -0.138. The summed E-state index contributed by atoms with van der Waals surface area (Å²) in [6.07, 6.45) is 1.07. The van der Waals surface area contributed by atoms with Crippen molar-refractivity contribution in [3.05, 3.63) is 12.2 Å². The van der Waals surface area contributed by atoms with Crippen molar-refractivity contribution in [2.24, 2.45) is 5.73 Å². The summed E-state index contributed by atoms with van der Waals surface area (Å²) in [5.74, 6) is -2.05. The number of aliphatic carboxylic acids is 1. The molecule has 0 aliphatic heterocycles. The molecule has 0 spiro atoms. The largest absolute Gasteiger partial charge is 0.480 e. The maximum absolute atomic E-state index is 11.6. The van der Waals surface area contributed by atoms with Crippen LogP contribution in [-0.4, -0.2) is 35.6 Å². The van der Waals surface area contributed by atoms with Crippen LogP contribution in [0.5, 0.6) is 0 Å². The molecule has 0 heterocycles. The van der Waals surface area contributed by atoms with Crippen LogP contribution in [-0.2, 0) is 14.4 Å². The zero-order chi connectivity index (χ0) is 11.1. The number of nitrogens with two attached hydrogens (primary N) is 1. The van der Waals surface area contributed by atoms with Gasteiger partial charge in [-0.15, -0.1) is 0 Å². The van der Waals surface area contributed by atoms with Gasteiger partial charge in [-0.2, -0.15) is 4.39 Å². The molecule has 4 N–H and O–H groups in total. The highest BCUT2D eigenvalue weighted by atomic mass is 19.1. The molecule has 0 aromatic heterocycles. The van der Waals surface area contributed by atoms with Gasteiger partial charge in [0.2, 0.25) is 5.91 Å². The number of carboxylic acid groups (broad SMARTS) is 1. The van der Waals surface area contributed by atoms with E-state index in [1.165, 1.54) is 0 Å². The van der Waals surface area contributed by atoms with E-state index >= 15 is 0 Å². The second-order valence-corrected chi connectivity index (χ2v) is 2.33. The fourth-order valence-electron chi connectivity index (χ4n) is 0.498. The second-order valence-electron chi connectivity index (χ2n) is 2.33. The normalized spacial score (nSPS) is 12.4. The molecular weight excluding hydrogens is 195 g/mol. The number of rotatable bonds is 5. The molecule has 1 amide bonds. The van der Waals surface area contributed by atoms with Crippen molar-refractivity contribution >= 4 is 17.9 Å². The van der Waals surface area contributed by atoms with E-state index in [4.69, 9.17) is 10.8 Å². The van der Waals surface area contributed by atoms with Gasteiger partial charge >= 0.3 is 12.0 Å². The molecule has 78 valence electrons. The fourth-order valence-corrected chi connectivity index (χ4v) is 0.498. The number of nitrogens with one attached hydrogen (secondary N) is 1. The molecule has 0 aromatic carbocycles. The minimum absolute atomic E-state index is 0.293. The van der Waals surface area contributed by atoms with E-state index in [9.17, 15) is 18.8 Å². The minimum atomic E-state index is -1.76. The number of carbonyl (C=O) groups is 3. The molecule has 0 radical (unpaired) electrons. The number of carbonyl (C=O) groups excluding carboxylic acids is 2. The Hall–Kier alpha value is -1.76. The number of amides is 1. The van der Waals surface area contributed by atoms with Gasteiger partial charge in [-0.05, 0) is 0 Å². The second kappa shape index (κ2) is 5.81. The van der Waals surface area contributed by atoms with Gasteiger partial charge in [-0.1, -0.05) is 0 Å². The van der Waals surface area contributed by atoms with E-state index in [1.807, 2.05) is 0 Å². The average Bonchev–Trinajstić information content (AvgIpc) is 2.10. The van der Waals surface area contributed by atoms with Crippen LogP contribution in [0.25, 0.3) is 0 Å². The molecular formula is C7H9FN2O4. The molecule has 14 heavy (non-hydrogen) atoms. The van der Waals surface area contributed by atoms with Crippen molar-refractivity contribution in [2.75, 3.05) is 6.54 Å². The smallest absolute Gasteiger partial charge is 0.325 e. The predicted octanol–water partition coefficient (Wildman–Crippen LogP) is -1.43. The Kier molecular flexibility index (Phi) is 5.08. The molecule has 0 saturated heterocycles. The maximum atomic E-state index is 11.6. The first-order chi connectivity index (χ1) is 6.43. The maximum Gasteiger partial charge on any atom is 0.325 e. The lowest BCUT2D eigenvalue weighted by Gasteiger charge is -2.05. The minimum Gasteiger partial charge on any atom is -0.480 e. The topological polar surface area (TPSA) is 109 Å². The monoisotopic (exact) mass is 204 g/mol. The van der Waals surface area contributed by atoms with Gasteiger partial charge in [-0.3, -0.25) is 14.4 Å². The summed E-state index contributed by atoms with van der Waals surface area (Å²) in [7, 11) is 0. The first-order valence-electron chi connectivity index (χ1n) is 3.57. The third-order valence-corrected chi connectivity index (χ3v) is 1.18. The Labute approximate surface area is 78.6 Å². The summed E-state index contributed by atoms with van der Waals surface area (Å²) >= 11 is 0.